The van der Waals surface area contributed by atoms with Crippen molar-refractivity contribution < 1.29 is 13.3 Å². The predicted molar refractivity (Wildman–Crippen MR) is 56.6 cm³/mol. The molecule has 0 atom stereocenters. The van der Waals surface area contributed by atoms with Crippen LogP contribution in [0.3, 0.4) is 0 Å². The van der Waals surface area contributed by atoms with Gasteiger partial charge in [0.1, 0.15) is 5.69 Å². The number of rotatable bonds is 3. The fraction of sp³-hybridized carbons (Fsp3) is 0.364. The van der Waals surface area contributed by atoms with Crippen LogP contribution in [0.25, 0.3) is 11.4 Å². The molecule has 6 heteroatoms. The molecule has 0 radical (unpaired) electrons. The van der Waals surface area contributed by atoms with Crippen LogP contribution in [0.15, 0.2) is 22.9 Å². The van der Waals surface area contributed by atoms with Gasteiger partial charge in [0.2, 0.25) is 11.7 Å². The summed E-state index contributed by atoms with van der Waals surface area (Å²) in [5, 5.41) is 3.77. The van der Waals surface area contributed by atoms with Gasteiger partial charge >= 0.3 is 0 Å². The van der Waals surface area contributed by atoms with Gasteiger partial charge in [-0.25, -0.2) is 8.78 Å². The Morgan fingerprint density at radius 1 is 1.24 bits per heavy atom. The molecule has 0 fully saturated rings. The normalized spacial score (nSPS) is 11.4. The molecule has 90 valence electrons. The second-order valence-electron chi connectivity index (χ2n) is 3.88. The van der Waals surface area contributed by atoms with E-state index in [0.717, 1.165) is 0 Å². The van der Waals surface area contributed by atoms with Crippen molar-refractivity contribution in [3.63, 3.8) is 0 Å². The first kappa shape index (κ1) is 11.6. The lowest BCUT2D eigenvalue weighted by molar-refractivity contribution is 0.146. The molecular formula is C11H11F2N3O. The molecule has 0 N–H and O–H groups in total. The van der Waals surface area contributed by atoms with Crippen LogP contribution in [-0.2, 0) is 0 Å². The minimum Gasteiger partial charge on any atom is -0.339 e. The van der Waals surface area contributed by atoms with Crippen molar-refractivity contribution in [2.45, 2.75) is 26.2 Å². The van der Waals surface area contributed by atoms with E-state index in [1.54, 1.807) is 0 Å². The third-order valence-electron chi connectivity index (χ3n) is 2.20. The van der Waals surface area contributed by atoms with Crippen LogP contribution in [-0.4, -0.2) is 15.1 Å². The fourth-order valence-corrected chi connectivity index (χ4v) is 1.25. The molecule has 4 nitrogen and oxygen atoms in total. The fourth-order valence-electron chi connectivity index (χ4n) is 1.25. The second-order valence-corrected chi connectivity index (χ2v) is 3.88. The third-order valence-corrected chi connectivity index (χ3v) is 2.20. The molecule has 0 aromatic carbocycles. The summed E-state index contributed by atoms with van der Waals surface area (Å²) >= 11 is 0. The molecule has 0 unspecified atom stereocenters. The highest BCUT2D eigenvalue weighted by molar-refractivity contribution is 5.52. The maximum atomic E-state index is 12.3. The number of aromatic nitrogens is 3. The molecule has 0 saturated carbocycles. The number of hydrogen-bond acceptors (Lipinski definition) is 4. The molecule has 0 aliphatic carbocycles. The van der Waals surface area contributed by atoms with E-state index in [2.05, 4.69) is 15.1 Å². The van der Waals surface area contributed by atoms with Gasteiger partial charge in [-0.05, 0) is 12.1 Å². The monoisotopic (exact) mass is 239 g/mol. The van der Waals surface area contributed by atoms with E-state index in [1.807, 2.05) is 13.8 Å². The second kappa shape index (κ2) is 4.57. The summed E-state index contributed by atoms with van der Waals surface area (Å²) in [5.41, 5.74) is 0.298. The van der Waals surface area contributed by atoms with Gasteiger partial charge in [0.15, 0.2) is 0 Å². The van der Waals surface area contributed by atoms with E-state index < -0.39 is 6.43 Å². The molecule has 0 bridgehead atoms. The first-order valence-corrected chi connectivity index (χ1v) is 5.16. The smallest absolute Gasteiger partial charge is 0.280 e. The van der Waals surface area contributed by atoms with Crippen LogP contribution in [0.4, 0.5) is 8.78 Å². The van der Waals surface area contributed by atoms with E-state index in [4.69, 9.17) is 4.52 Å². The number of alkyl halides is 2. The molecular weight excluding hydrogens is 228 g/mol. The van der Waals surface area contributed by atoms with Crippen molar-refractivity contribution in [2.75, 3.05) is 0 Å². The van der Waals surface area contributed by atoms with Gasteiger partial charge in [-0.15, -0.1) is 0 Å². The van der Waals surface area contributed by atoms with Gasteiger partial charge in [-0.3, -0.25) is 4.98 Å². The van der Waals surface area contributed by atoms with E-state index in [0.29, 0.717) is 17.3 Å². The Labute approximate surface area is 96.7 Å². The molecule has 0 aliphatic rings. The van der Waals surface area contributed by atoms with Crippen molar-refractivity contribution in [3.8, 4) is 11.4 Å². The minimum absolute atomic E-state index is 0.129. The molecule has 0 amide bonds. The van der Waals surface area contributed by atoms with Gasteiger partial charge in [-0.2, -0.15) is 4.98 Å². The lowest BCUT2D eigenvalue weighted by Gasteiger charge is -1.98. The molecule has 2 aromatic rings. The van der Waals surface area contributed by atoms with Crippen molar-refractivity contribution in [3.05, 3.63) is 29.9 Å². The molecule has 2 aromatic heterocycles. The standard InChI is InChI=1S/C11H11F2N3O/c1-6(2)11-15-10(16-17-11)7-3-4-8(9(12)13)14-5-7/h3-6,9H,1-2H3. The molecule has 2 heterocycles. The van der Waals surface area contributed by atoms with Gasteiger partial charge in [0.05, 0.1) is 0 Å². The summed E-state index contributed by atoms with van der Waals surface area (Å²) in [4.78, 5) is 7.79. The average molecular weight is 239 g/mol. The highest BCUT2D eigenvalue weighted by Gasteiger charge is 2.13. The average Bonchev–Trinajstić information content (AvgIpc) is 2.78. The Morgan fingerprint density at radius 3 is 2.47 bits per heavy atom. The van der Waals surface area contributed by atoms with E-state index >= 15 is 0 Å². The van der Waals surface area contributed by atoms with E-state index in [9.17, 15) is 8.78 Å². The first-order valence-electron chi connectivity index (χ1n) is 5.16. The lowest BCUT2D eigenvalue weighted by atomic mass is 10.2. The zero-order valence-electron chi connectivity index (χ0n) is 9.39. The van der Waals surface area contributed by atoms with E-state index in [1.165, 1.54) is 18.3 Å². The number of nitrogens with zero attached hydrogens (tertiary/aromatic N) is 3. The summed E-state index contributed by atoms with van der Waals surface area (Å²) in [6.45, 7) is 3.85. The summed E-state index contributed by atoms with van der Waals surface area (Å²) in [7, 11) is 0. The van der Waals surface area contributed by atoms with Crippen molar-refractivity contribution >= 4 is 0 Å². The first-order chi connectivity index (χ1) is 8.08. The van der Waals surface area contributed by atoms with Crippen molar-refractivity contribution in [2.24, 2.45) is 0 Å². The van der Waals surface area contributed by atoms with Crippen molar-refractivity contribution in [1.82, 2.24) is 15.1 Å². The summed E-state index contributed by atoms with van der Waals surface area (Å²) < 4.78 is 29.6. The quantitative estimate of drug-likeness (QED) is 0.825. The number of pyridine rings is 1. The summed E-state index contributed by atoms with van der Waals surface area (Å²) in [6, 6.07) is 2.76. The predicted octanol–water partition coefficient (Wildman–Crippen LogP) is 3.19. The van der Waals surface area contributed by atoms with Crippen LogP contribution >= 0.6 is 0 Å². The molecule has 17 heavy (non-hydrogen) atoms. The van der Waals surface area contributed by atoms with Crippen LogP contribution < -0.4 is 0 Å². The van der Waals surface area contributed by atoms with Crippen LogP contribution in [0.2, 0.25) is 0 Å². The number of hydrogen-bond donors (Lipinski definition) is 0. The SMILES string of the molecule is CC(C)c1nc(-c2ccc(C(F)F)nc2)no1. The zero-order chi connectivity index (χ0) is 12.4. The van der Waals surface area contributed by atoms with E-state index in [-0.39, 0.29) is 11.6 Å². The highest BCUT2D eigenvalue weighted by atomic mass is 19.3. The summed E-state index contributed by atoms with van der Waals surface area (Å²) in [6.07, 6.45) is -1.25. The molecule has 0 spiro atoms. The van der Waals surface area contributed by atoms with Gasteiger partial charge in [0.25, 0.3) is 6.43 Å². The maximum Gasteiger partial charge on any atom is 0.280 e. The lowest BCUT2D eigenvalue weighted by Crippen LogP contribution is -1.91. The third kappa shape index (κ3) is 2.46. The highest BCUT2D eigenvalue weighted by Crippen LogP contribution is 2.21. The van der Waals surface area contributed by atoms with Gasteiger partial charge in [-0.1, -0.05) is 19.0 Å². The Kier molecular flexibility index (Phi) is 3.12. The Morgan fingerprint density at radius 2 is 2.00 bits per heavy atom. The molecule has 2 rings (SSSR count). The number of halogens is 2. The largest absolute Gasteiger partial charge is 0.339 e. The Hall–Kier alpha value is -1.85. The van der Waals surface area contributed by atoms with Gasteiger partial charge in [0, 0.05) is 17.7 Å². The molecule has 0 saturated heterocycles. The Balaban J connectivity index is 2.27. The van der Waals surface area contributed by atoms with Crippen LogP contribution in [0, 0.1) is 0 Å². The van der Waals surface area contributed by atoms with Crippen molar-refractivity contribution in [1.29, 1.82) is 0 Å². The molecule has 0 aliphatic heterocycles. The van der Waals surface area contributed by atoms with Gasteiger partial charge < -0.3 is 4.52 Å². The van der Waals surface area contributed by atoms with Crippen LogP contribution in [0.5, 0.6) is 0 Å². The maximum absolute atomic E-state index is 12.3. The minimum atomic E-state index is -2.57. The van der Waals surface area contributed by atoms with Crippen LogP contribution in [0.1, 0.15) is 37.8 Å². The zero-order valence-corrected chi connectivity index (χ0v) is 9.39. The topological polar surface area (TPSA) is 51.8 Å². The Bertz CT molecular complexity index is 494. The summed E-state index contributed by atoms with van der Waals surface area (Å²) in [5.74, 6) is 1.00.